The minimum atomic E-state index is -4.26. The largest absolute Gasteiger partial charge is 0.415 e. The van der Waals surface area contributed by atoms with Crippen molar-refractivity contribution < 1.29 is 13.2 Å². The van der Waals surface area contributed by atoms with Gasteiger partial charge in [-0.25, -0.2) is 0 Å². The molecule has 1 rings (SSSR count). The van der Waals surface area contributed by atoms with E-state index in [0.29, 0.717) is 6.54 Å². The summed E-state index contributed by atoms with van der Waals surface area (Å²) in [6.07, 6.45) is -0.128. The van der Waals surface area contributed by atoms with Gasteiger partial charge >= 0.3 is 6.18 Å². The molecule has 13 heavy (non-hydrogen) atoms. The lowest BCUT2D eigenvalue weighted by atomic mass is 10.2. The highest BCUT2D eigenvalue weighted by atomic mass is 79.9. The van der Waals surface area contributed by atoms with Gasteiger partial charge in [-0.05, 0) is 19.1 Å². The van der Waals surface area contributed by atoms with Gasteiger partial charge in [-0.15, -0.1) is 0 Å². The van der Waals surface area contributed by atoms with Crippen LogP contribution in [0, 0.1) is 0 Å². The van der Waals surface area contributed by atoms with Crippen LogP contribution < -0.4 is 0 Å². The van der Waals surface area contributed by atoms with Crippen molar-refractivity contribution in [3.8, 4) is 0 Å². The number of halogens is 4. The van der Waals surface area contributed by atoms with Crippen LogP contribution in [-0.2, 0) is 0 Å². The Balaban J connectivity index is 2.87. The first-order chi connectivity index (χ1) is 5.96. The Bertz CT molecular complexity index is 244. The van der Waals surface area contributed by atoms with Crippen LogP contribution in [-0.4, -0.2) is 22.6 Å². The molecule has 0 saturated carbocycles. The Morgan fingerprint density at radius 1 is 1.54 bits per heavy atom. The van der Waals surface area contributed by atoms with Crippen molar-refractivity contribution in [3.63, 3.8) is 0 Å². The molecule has 1 atom stereocenters. The zero-order chi connectivity index (χ0) is 10.1. The van der Waals surface area contributed by atoms with Gasteiger partial charge in [0, 0.05) is 12.7 Å². The summed E-state index contributed by atoms with van der Waals surface area (Å²) >= 11 is 3.00. The van der Waals surface area contributed by atoms with Gasteiger partial charge in [-0.2, -0.15) is 13.2 Å². The van der Waals surface area contributed by atoms with E-state index in [0.717, 1.165) is 6.08 Å². The minimum Gasteiger partial charge on any atom is -0.361 e. The third kappa shape index (κ3) is 2.27. The third-order valence-corrected chi connectivity index (χ3v) is 2.81. The summed E-state index contributed by atoms with van der Waals surface area (Å²) in [5.74, 6) is 0. The van der Waals surface area contributed by atoms with Crippen molar-refractivity contribution >= 4 is 15.9 Å². The van der Waals surface area contributed by atoms with Crippen molar-refractivity contribution in [1.29, 1.82) is 0 Å². The molecule has 0 saturated heterocycles. The molecule has 0 aromatic heterocycles. The number of alkyl halides is 4. The molecular formula is C8H9BrF3N. The first-order valence-corrected chi connectivity index (χ1v) is 4.73. The van der Waals surface area contributed by atoms with Crippen molar-refractivity contribution in [2.24, 2.45) is 0 Å². The number of likely N-dealkylation sites (N-methyl/N-ethyl adjacent to an activating group) is 1. The van der Waals surface area contributed by atoms with Gasteiger partial charge in [0.2, 0.25) is 0 Å². The SMILES string of the molecule is CCN1C=CC=C(C(F)(F)F)C1Br. The van der Waals surface area contributed by atoms with Crippen molar-refractivity contribution in [3.05, 3.63) is 23.9 Å². The molecule has 1 heterocycles. The summed E-state index contributed by atoms with van der Waals surface area (Å²) in [6.45, 7) is 2.34. The standard InChI is InChI=1S/C8H9BrF3N/c1-2-13-5-3-4-6(7(13)9)8(10,11)12/h3-5,7H,2H2,1H3. The summed E-state index contributed by atoms with van der Waals surface area (Å²) in [5, 5.41) is 0. The van der Waals surface area contributed by atoms with E-state index in [4.69, 9.17) is 0 Å². The van der Waals surface area contributed by atoms with Gasteiger partial charge in [-0.3, -0.25) is 0 Å². The first-order valence-electron chi connectivity index (χ1n) is 3.82. The lowest BCUT2D eigenvalue weighted by Gasteiger charge is -2.30. The number of rotatable bonds is 1. The van der Waals surface area contributed by atoms with E-state index >= 15 is 0 Å². The maximum Gasteiger partial charge on any atom is 0.415 e. The van der Waals surface area contributed by atoms with Crippen LogP contribution in [0.3, 0.4) is 0 Å². The van der Waals surface area contributed by atoms with E-state index in [1.54, 1.807) is 18.0 Å². The maximum absolute atomic E-state index is 12.3. The second-order valence-corrected chi connectivity index (χ2v) is 3.49. The quantitative estimate of drug-likeness (QED) is 0.514. The van der Waals surface area contributed by atoms with Crippen LogP contribution in [0.5, 0.6) is 0 Å². The Morgan fingerprint density at radius 3 is 2.62 bits per heavy atom. The lowest BCUT2D eigenvalue weighted by Crippen LogP contribution is -2.34. The van der Waals surface area contributed by atoms with Gasteiger partial charge in [0.05, 0.1) is 5.57 Å². The van der Waals surface area contributed by atoms with Crippen LogP contribution >= 0.6 is 15.9 Å². The monoisotopic (exact) mass is 255 g/mol. The van der Waals surface area contributed by atoms with E-state index in [9.17, 15) is 13.2 Å². The second-order valence-electron chi connectivity index (χ2n) is 2.63. The van der Waals surface area contributed by atoms with Crippen LogP contribution in [0.4, 0.5) is 13.2 Å². The Kier molecular flexibility index (Phi) is 3.05. The molecule has 0 aromatic carbocycles. The summed E-state index contributed by atoms with van der Waals surface area (Å²) in [7, 11) is 0. The average molecular weight is 256 g/mol. The number of allylic oxidation sites excluding steroid dienone is 2. The topological polar surface area (TPSA) is 3.24 Å². The van der Waals surface area contributed by atoms with E-state index in [1.165, 1.54) is 6.08 Å². The van der Waals surface area contributed by atoms with Crippen molar-refractivity contribution in [2.75, 3.05) is 6.54 Å². The predicted octanol–water partition coefficient (Wildman–Crippen LogP) is 3.05. The summed E-state index contributed by atoms with van der Waals surface area (Å²) in [4.78, 5) is 0.811. The molecule has 1 aliphatic heterocycles. The molecule has 0 aromatic rings. The molecule has 0 aliphatic carbocycles. The fourth-order valence-electron chi connectivity index (χ4n) is 1.09. The molecule has 74 valence electrons. The van der Waals surface area contributed by atoms with Gasteiger partial charge in [0.1, 0.15) is 4.95 Å². The normalized spacial score (nSPS) is 23.3. The van der Waals surface area contributed by atoms with Gasteiger partial charge in [-0.1, -0.05) is 15.9 Å². The highest BCUT2D eigenvalue weighted by molar-refractivity contribution is 9.09. The zero-order valence-corrected chi connectivity index (χ0v) is 8.56. The Labute approximate surface area is 83.0 Å². The molecule has 5 heteroatoms. The van der Waals surface area contributed by atoms with Gasteiger partial charge in [0.25, 0.3) is 0 Å². The lowest BCUT2D eigenvalue weighted by molar-refractivity contribution is -0.0963. The van der Waals surface area contributed by atoms with Gasteiger partial charge in [0.15, 0.2) is 0 Å². The highest BCUT2D eigenvalue weighted by Gasteiger charge is 2.39. The van der Waals surface area contributed by atoms with Gasteiger partial charge < -0.3 is 4.90 Å². The molecule has 1 aliphatic rings. The maximum atomic E-state index is 12.3. The van der Waals surface area contributed by atoms with E-state index in [-0.39, 0.29) is 0 Å². The summed E-state index contributed by atoms with van der Waals surface area (Å²) < 4.78 is 37.0. The number of hydrogen-bond donors (Lipinski definition) is 0. The Morgan fingerprint density at radius 2 is 2.15 bits per heavy atom. The highest BCUT2D eigenvalue weighted by Crippen LogP contribution is 2.35. The summed E-state index contributed by atoms with van der Waals surface area (Å²) in [6, 6.07) is 0. The van der Waals surface area contributed by atoms with Crippen molar-refractivity contribution in [2.45, 2.75) is 18.1 Å². The molecule has 0 spiro atoms. The van der Waals surface area contributed by atoms with Crippen LogP contribution in [0.2, 0.25) is 0 Å². The Hall–Kier alpha value is -0.450. The molecule has 0 fully saturated rings. The molecule has 1 nitrogen and oxygen atoms in total. The summed E-state index contributed by atoms with van der Waals surface area (Å²) in [5.41, 5.74) is -0.558. The van der Waals surface area contributed by atoms with E-state index < -0.39 is 16.7 Å². The molecule has 0 N–H and O–H groups in total. The number of hydrogen-bond acceptors (Lipinski definition) is 1. The van der Waals surface area contributed by atoms with Crippen LogP contribution in [0.25, 0.3) is 0 Å². The first kappa shape index (κ1) is 10.6. The second kappa shape index (κ2) is 3.74. The van der Waals surface area contributed by atoms with E-state index in [1.807, 2.05) is 0 Å². The van der Waals surface area contributed by atoms with Crippen LogP contribution in [0.1, 0.15) is 6.92 Å². The predicted molar refractivity (Wildman–Crippen MR) is 48.4 cm³/mol. The molecule has 0 bridgehead atoms. The minimum absolute atomic E-state index is 0.542. The molecule has 1 unspecified atom stereocenters. The smallest absolute Gasteiger partial charge is 0.361 e. The van der Waals surface area contributed by atoms with E-state index in [2.05, 4.69) is 15.9 Å². The average Bonchev–Trinajstić information content (AvgIpc) is 2.02. The fraction of sp³-hybridized carbons (Fsp3) is 0.500. The molecule has 0 amide bonds. The fourth-order valence-corrected chi connectivity index (χ4v) is 1.92. The third-order valence-electron chi connectivity index (χ3n) is 1.79. The van der Waals surface area contributed by atoms with Crippen molar-refractivity contribution in [1.82, 2.24) is 4.90 Å². The van der Waals surface area contributed by atoms with Crippen LogP contribution in [0.15, 0.2) is 23.9 Å². The molecular weight excluding hydrogens is 247 g/mol. The zero-order valence-electron chi connectivity index (χ0n) is 6.98. The molecule has 0 radical (unpaired) electrons. The number of nitrogens with zero attached hydrogens (tertiary/aromatic N) is 1.